The van der Waals surface area contributed by atoms with Crippen molar-refractivity contribution >= 4 is 22.5 Å². The number of aromatic amines is 1. The molecule has 1 aliphatic heterocycles. The molecule has 0 spiro atoms. The van der Waals surface area contributed by atoms with E-state index in [0.29, 0.717) is 22.5 Å². The van der Waals surface area contributed by atoms with Gasteiger partial charge in [-0.2, -0.15) is 0 Å². The van der Waals surface area contributed by atoms with E-state index in [1.807, 2.05) is 24.3 Å². The minimum atomic E-state index is -0.280. The molecule has 1 amide bonds. The van der Waals surface area contributed by atoms with Crippen LogP contribution in [0.25, 0.3) is 10.9 Å². The van der Waals surface area contributed by atoms with Gasteiger partial charge in [0, 0.05) is 39.8 Å². The molecule has 7 rings (SSSR count). The van der Waals surface area contributed by atoms with Crippen molar-refractivity contribution in [2.75, 3.05) is 38.1 Å². The summed E-state index contributed by atoms with van der Waals surface area (Å²) in [7, 11) is 1.59. The second-order valence-corrected chi connectivity index (χ2v) is 9.90. The maximum Gasteiger partial charge on any atom is 0.329 e. The van der Waals surface area contributed by atoms with Crippen LogP contribution in [0.4, 0.5) is 5.69 Å². The minimum absolute atomic E-state index is 0.159. The van der Waals surface area contributed by atoms with E-state index in [9.17, 15) is 14.4 Å². The molecule has 1 aromatic carbocycles. The van der Waals surface area contributed by atoms with Crippen LogP contribution in [0, 0.1) is 5.92 Å². The third-order valence-corrected chi connectivity index (χ3v) is 7.79. The number of fused-ring (bicyclic) bond motifs is 1. The highest BCUT2D eigenvalue weighted by Crippen LogP contribution is 2.61. The molecule has 9 nitrogen and oxygen atoms in total. The van der Waals surface area contributed by atoms with Gasteiger partial charge in [-0.3, -0.25) is 19.1 Å². The van der Waals surface area contributed by atoms with Crippen LogP contribution in [-0.4, -0.2) is 58.6 Å². The van der Waals surface area contributed by atoms with Gasteiger partial charge in [0.15, 0.2) is 0 Å². The van der Waals surface area contributed by atoms with Crippen molar-refractivity contribution < 1.29 is 4.79 Å². The first-order valence-electron chi connectivity index (χ1n) is 11.9. The van der Waals surface area contributed by atoms with E-state index in [4.69, 9.17) is 0 Å². The third kappa shape index (κ3) is 3.34. The van der Waals surface area contributed by atoms with Gasteiger partial charge in [0.1, 0.15) is 5.69 Å². The Morgan fingerprint density at radius 3 is 2.50 bits per heavy atom. The maximum absolute atomic E-state index is 13.1. The molecule has 0 unspecified atom stereocenters. The van der Waals surface area contributed by atoms with E-state index in [1.165, 1.54) is 4.57 Å². The topological polar surface area (TPSA) is 103 Å². The van der Waals surface area contributed by atoms with Crippen LogP contribution in [0.2, 0.25) is 0 Å². The normalized spacial score (nSPS) is 23.9. The number of piperazine rings is 1. The number of anilines is 1. The zero-order chi connectivity index (χ0) is 23.4. The first kappa shape index (κ1) is 21.1. The van der Waals surface area contributed by atoms with Crippen molar-refractivity contribution in [3.05, 3.63) is 68.6 Å². The van der Waals surface area contributed by atoms with Crippen LogP contribution in [-0.2, 0) is 12.1 Å². The minimum Gasteiger partial charge on any atom is -0.368 e. The van der Waals surface area contributed by atoms with Gasteiger partial charge in [0.25, 0.3) is 11.5 Å². The average molecular weight is 461 g/mol. The number of benzene rings is 1. The van der Waals surface area contributed by atoms with Crippen molar-refractivity contribution in [3.63, 3.8) is 0 Å². The number of amides is 1. The number of hydrogen-bond donors (Lipinski definition) is 2. The Kier molecular flexibility index (Phi) is 4.84. The summed E-state index contributed by atoms with van der Waals surface area (Å²) in [4.78, 5) is 49.3. The predicted octanol–water partition coefficient (Wildman–Crippen LogP) is 1.28. The lowest BCUT2D eigenvalue weighted by atomic mass is 9.49. The van der Waals surface area contributed by atoms with Crippen molar-refractivity contribution in [2.45, 2.75) is 31.3 Å². The van der Waals surface area contributed by atoms with Crippen molar-refractivity contribution in [1.29, 1.82) is 0 Å². The summed E-state index contributed by atoms with van der Waals surface area (Å²) in [5.74, 6) is 0.509. The molecule has 0 radical (unpaired) electrons. The van der Waals surface area contributed by atoms with Gasteiger partial charge in [0.05, 0.1) is 28.3 Å². The molecule has 1 saturated heterocycles. The molecule has 9 heteroatoms. The second kappa shape index (κ2) is 7.80. The SMILES string of the molecule is CNC(=O)c1ccc(N2CCN(Cc3ccc4c(=O)n(C56CC(C5)C6)c(=O)[nH]c4c3)CC2)cn1. The fourth-order valence-corrected chi connectivity index (χ4v) is 5.76. The molecule has 2 N–H and O–H groups in total. The van der Waals surface area contributed by atoms with Gasteiger partial charge >= 0.3 is 5.69 Å². The van der Waals surface area contributed by atoms with Crippen LogP contribution in [0.1, 0.15) is 35.3 Å². The van der Waals surface area contributed by atoms with Crippen LogP contribution in [0.3, 0.4) is 0 Å². The molecule has 2 aromatic heterocycles. The lowest BCUT2D eigenvalue weighted by Gasteiger charge is -2.61. The van der Waals surface area contributed by atoms with E-state index in [-0.39, 0.29) is 22.7 Å². The Morgan fingerprint density at radius 1 is 1.12 bits per heavy atom. The van der Waals surface area contributed by atoms with Gasteiger partial charge in [-0.15, -0.1) is 0 Å². The summed E-state index contributed by atoms with van der Waals surface area (Å²) in [5.41, 5.74) is 2.46. The summed E-state index contributed by atoms with van der Waals surface area (Å²) < 4.78 is 1.48. The number of aromatic nitrogens is 3. The lowest BCUT2D eigenvalue weighted by Crippen LogP contribution is -2.65. The molecule has 4 aliphatic rings. The Labute approximate surface area is 196 Å². The number of rotatable bonds is 5. The number of hydrogen-bond acceptors (Lipinski definition) is 6. The Morgan fingerprint density at radius 2 is 1.88 bits per heavy atom. The zero-order valence-electron chi connectivity index (χ0n) is 19.2. The molecule has 2 bridgehead atoms. The van der Waals surface area contributed by atoms with Crippen LogP contribution >= 0.6 is 0 Å². The second-order valence-electron chi connectivity index (χ2n) is 9.90. The van der Waals surface area contributed by atoms with E-state index in [2.05, 4.69) is 25.1 Å². The standard InChI is InChI=1S/C25H28N6O3/c1-26-22(32)20-5-3-18(14-27-20)30-8-6-29(7-9-30)15-16-2-4-19-21(10-16)28-24(34)31(23(19)33)25-11-17(12-25)13-25/h2-5,10,14,17H,6-9,11-13,15H2,1H3,(H,26,32)(H,28,34). The predicted molar refractivity (Wildman–Crippen MR) is 129 cm³/mol. The van der Waals surface area contributed by atoms with Crippen molar-refractivity contribution in [2.24, 2.45) is 5.92 Å². The van der Waals surface area contributed by atoms with Gasteiger partial charge in [-0.05, 0) is 55.0 Å². The van der Waals surface area contributed by atoms with E-state index in [1.54, 1.807) is 19.3 Å². The van der Waals surface area contributed by atoms with E-state index in [0.717, 1.165) is 63.2 Å². The summed E-state index contributed by atoms with van der Waals surface area (Å²) in [5, 5.41) is 3.17. The molecule has 3 saturated carbocycles. The fourth-order valence-electron chi connectivity index (χ4n) is 5.76. The molecular weight excluding hydrogens is 432 g/mol. The number of nitrogens with zero attached hydrogens (tertiary/aromatic N) is 4. The number of carbonyl (C=O) groups excluding carboxylic acids is 1. The summed E-state index contributed by atoms with van der Waals surface area (Å²) in [6.45, 7) is 4.25. The molecule has 176 valence electrons. The largest absolute Gasteiger partial charge is 0.368 e. The summed E-state index contributed by atoms with van der Waals surface area (Å²) in [6, 6.07) is 9.49. The highest BCUT2D eigenvalue weighted by atomic mass is 16.2. The van der Waals surface area contributed by atoms with Crippen molar-refractivity contribution in [3.8, 4) is 0 Å². The molecule has 4 fully saturated rings. The highest BCUT2D eigenvalue weighted by Gasteiger charge is 2.59. The fraction of sp³-hybridized carbons (Fsp3) is 0.440. The molecule has 3 aromatic rings. The van der Waals surface area contributed by atoms with Crippen LogP contribution in [0.5, 0.6) is 0 Å². The Bertz CT molecular complexity index is 1370. The number of carbonyl (C=O) groups is 1. The maximum atomic E-state index is 13.1. The average Bonchev–Trinajstić information content (AvgIpc) is 2.79. The monoisotopic (exact) mass is 460 g/mol. The van der Waals surface area contributed by atoms with Gasteiger partial charge < -0.3 is 15.2 Å². The number of pyridine rings is 1. The van der Waals surface area contributed by atoms with E-state index >= 15 is 0 Å². The Balaban J connectivity index is 1.13. The Hall–Kier alpha value is -3.46. The first-order chi connectivity index (χ1) is 16.5. The van der Waals surface area contributed by atoms with Gasteiger partial charge in [0.2, 0.25) is 0 Å². The third-order valence-electron chi connectivity index (χ3n) is 7.79. The summed E-state index contributed by atoms with van der Waals surface area (Å²) in [6.07, 6.45) is 4.62. The molecular formula is C25H28N6O3. The summed E-state index contributed by atoms with van der Waals surface area (Å²) >= 11 is 0. The van der Waals surface area contributed by atoms with Gasteiger partial charge in [-0.1, -0.05) is 6.07 Å². The van der Waals surface area contributed by atoms with Crippen molar-refractivity contribution in [1.82, 2.24) is 24.8 Å². The van der Waals surface area contributed by atoms with Crippen LogP contribution in [0.15, 0.2) is 46.1 Å². The smallest absolute Gasteiger partial charge is 0.329 e. The quantitative estimate of drug-likeness (QED) is 0.595. The zero-order valence-corrected chi connectivity index (χ0v) is 19.2. The highest BCUT2D eigenvalue weighted by molar-refractivity contribution is 5.92. The van der Waals surface area contributed by atoms with Crippen LogP contribution < -0.4 is 21.5 Å². The molecule has 34 heavy (non-hydrogen) atoms. The number of nitrogens with one attached hydrogen (secondary N) is 2. The number of H-pyrrole nitrogens is 1. The first-order valence-corrected chi connectivity index (χ1v) is 11.9. The molecule has 3 heterocycles. The van der Waals surface area contributed by atoms with Gasteiger partial charge in [-0.25, -0.2) is 9.78 Å². The molecule has 0 atom stereocenters. The molecule has 3 aliphatic carbocycles. The van der Waals surface area contributed by atoms with E-state index < -0.39 is 0 Å². The lowest BCUT2D eigenvalue weighted by molar-refractivity contribution is -0.0940.